The fraction of sp³-hybridized carbons (Fsp3) is 0.789. The van der Waals surface area contributed by atoms with E-state index >= 15 is 0 Å². The first-order valence-electron chi connectivity index (χ1n) is 9.51. The Kier molecular flexibility index (Phi) is 14.3. The molecule has 2 N–H and O–H groups in total. The van der Waals surface area contributed by atoms with Gasteiger partial charge in [0.05, 0.1) is 17.2 Å². The van der Waals surface area contributed by atoms with Crippen molar-refractivity contribution in [2.45, 2.75) is 46.0 Å². The molecule has 0 saturated carbocycles. The second kappa shape index (κ2) is 14.5. The van der Waals surface area contributed by atoms with E-state index in [1.165, 1.54) is 10.7 Å². The number of hydrogen-bond donors (Lipinski definition) is 2. The minimum Gasteiger partial charge on any atom is -0.385 e. The van der Waals surface area contributed by atoms with Crippen LogP contribution < -0.4 is 10.6 Å². The van der Waals surface area contributed by atoms with Crippen molar-refractivity contribution < 1.29 is 4.74 Å². The number of thiazole rings is 1. The van der Waals surface area contributed by atoms with Gasteiger partial charge in [0.1, 0.15) is 0 Å². The summed E-state index contributed by atoms with van der Waals surface area (Å²) in [6, 6.07) is 0. The summed E-state index contributed by atoms with van der Waals surface area (Å²) in [4.78, 5) is 11.7. The van der Waals surface area contributed by atoms with Gasteiger partial charge in [0, 0.05) is 57.1 Å². The van der Waals surface area contributed by atoms with Crippen LogP contribution in [-0.2, 0) is 16.6 Å². The lowest BCUT2D eigenvalue weighted by Gasteiger charge is -2.16. The van der Waals surface area contributed by atoms with Gasteiger partial charge in [0.15, 0.2) is 5.96 Å². The number of halogens is 1. The number of nitrogens with zero attached hydrogens (tertiary/aromatic N) is 3. The highest BCUT2D eigenvalue weighted by atomic mass is 127. The van der Waals surface area contributed by atoms with Gasteiger partial charge in [-0.25, -0.2) is 4.98 Å². The second-order valence-electron chi connectivity index (χ2n) is 7.46. The van der Waals surface area contributed by atoms with Crippen molar-refractivity contribution in [2.24, 2.45) is 4.99 Å². The molecule has 1 aromatic rings. The molecule has 0 saturated heterocycles. The van der Waals surface area contributed by atoms with E-state index in [4.69, 9.17) is 9.72 Å². The number of likely N-dealkylation sites (N-methyl/N-ethyl adjacent to an activating group) is 1. The number of hydrogen-bond acceptors (Lipinski definition) is 5. The standard InChI is InChI=1S/C19H37N5OS.HI/c1-7-20-18(22-11-13-24(5)12-8-14-25-6)21-10-9-17-23-16(15-26-17)19(2,3)4;/h15H,7-14H2,1-6H3,(H2,20,21,22);1H. The number of methoxy groups -OCH3 is 1. The van der Waals surface area contributed by atoms with E-state index in [0.717, 1.165) is 58.1 Å². The van der Waals surface area contributed by atoms with Gasteiger partial charge in [-0.05, 0) is 20.4 Å². The van der Waals surface area contributed by atoms with Crippen molar-refractivity contribution in [3.05, 3.63) is 16.1 Å². The Labute approximate surface area is 186 Å². The molecule has 1 rings (SSSR count). The van der Waals surface area contributed by atoms with Crippen molar-refractivity contribution in [1.29, 1.82) is 0 Å². The number of nitrogens with one attached hydrogen (secondary N) is 2. The summed E-state index contributed by atoms with van der Waals surface area (Å²) in [7, 11) is 3.87. The van der Waals surface area contributed by atoms with Crippen molar-refractivity contribution in [2.75, 3.05) is 53.5 Å². The van der Waals surface area contributed by atoms with Gasteiger partial charge in [-0.3, -0.25) is 4.99 Å². The maximum atomic E-state index is 5.09. The molecule has 0 spiro atoms. The molecule has 1 heterocycles. The third-order valence-corrected chi connectivity index (χ3v) is 4.84. The fourth-order valence-electron chi connectivity index (χ4n) is 2.32. The lowest BCUT2D eigenvalue weighted by Crippen LogP contribution is -2.39. The van der Waals surface area contributed by atoms with Gasteiger partial charge < -0.3 is 20.3 Å². The summed E-state index contributed by atoms with van der Waals surface area (Å²) in [5.74, 6) is 0.880. The molecule has 0 aliphatic rings. The normalized spacial score (nSPS) is 12.2. The van der Waals surface area contributed by atoms with Crippen LogP contribution >= 0.6 is 35.3 Å². The molecule has 0 bridgehead atoms. The molecule has 0 aromatic carbocycles. The summed E-state index contributed by atoms with van der Waals surface area (Å²) < 4.78 is 5.09. The zero-order valence-electron chi connectivity index (χ0n) is 17.8. The molecule has 27 heavy (non-hydrogen) atoms. The summed E-state index contributed by atoms with van der Waals surface area (Å²) in [6.45, 7) is 14.0. The maximum Gasteiger partial charge on any atom is 0.191 e. The Balaban J connectivity index is 0.00000676. The first-order chi connectivity index (χ1) is 12.4. The van der Waals surface area contributed by atoms with Gasteiger partial charge in [-0.2, -0.15) is 0 Å². The van der Waals surface area contributed by atoms with Crippen LogP contribution in [0.1, 0.15) is 44.8 Å². The van der Waals surface area contributed by atoms with Crippen LogP contribution in [0.25, 0.3) is 0 Å². The highest BCUT2D eigenvalue weighted by Crippen LogP contribution is 2.23. The van der Waals surface area contributed by atoms with Crippen molar-refractivity contribution >= 4 is 41.3 Å². The molecule has 0 atom stereocenters. The molecule has 0 aliphatic heterocycles. The molecule has 158 valence electrons. The van der Waals surface area contributed by atoms with Crippen LogP contribution in [0.5, 0.6) is 0 Å². The minimum atomic E-state index is 0. The van der Waals surface area contributed by atoms with Gasteiger partial charge in [0.2, 0.25) is 0 Å². The third-order valence-electron chi connectivity index (χ3n) is 3.94. The van der Waals surface area contributed by atoms with Gasteiger partial charge >= 0.3 is 0 Å². The summed E-state index contributed by atoms with van der Waals surface area (Å²) >= 11 is 1.74. The number of aromatic nitrogens is 1. The largest absolute Gasteiger partial charge is 0.385 e. The van der Waals surface area contributed by atoms with Crippen molar-refractivity contribution in [1.82, 2.24) is 20.5 Å². The van der Waals surface area contributed by atoms with E-state index in [0.29, 0.717) is 0 Å². The van der Waals surface area contributed by atoms with Crippen molar-refractivity contribution in [3.8, 4) is 0 Å². The van der Waals surface area contributed by atoms with E-state index in [2.05, 4.69) is 60.6 Å². The van der Waals surface area contributed by atoms with E-state index in [9.17, 15) is 0 Å². The Bertz CT molecular complexity index is 530. The second-order valence-corrected chi connectivity index (χ2v) is 8.41. The molecule has 0 aliphatic carbocycles. The molecule has 0 fully saturated rings. The molecule has 8 heteroatoms. The van der Waals surface area contributed by atoms with Crippen LogP contribution in [0.3, 0.4) is 0 Å². The quantitative estimate of drug-likeness (QED) is 0.207. The molecular weight excluding hydrogens is 473 g/mol. The van der Waals surface area contributed by atoms with Crippen LogP contribution in [0, 0.1) is 0 Å². The summed E-state index contributed by atoms with van der Waals surface area (Å²) in [5, 5.41) is 10.1. The number of rotatable bonds is 11. The Morgan fingerprint density at radius 3 is 2.63 bits per heavy atom. The SMILES string of the molecule is CCNC(=NCCN(C)CCCOC)NCCc1nc(C(C)(C)C)cs1.I. The minimum absolute atomic E-state index is 0. The Morgan fingerprint density at radius 2 is 2.04 bits per heavy atom. The van der Waals surface area contributed by atoms with Crippen LogP contribution in [-0.4, -0.2) is 69.3 Å². The zero-order valence-corrected chi connectivity index (χ0v) is 20.9. The zero-order chi connectivity index (χ0) is 19.4. The van der Waals surface area contributed by atoms with Crippen LogP contribution in [0.15, 0.2) is 10.4 Å². The first-order valence-corrected chi connectivity index (χ1v) is 10.4. The summed E-state index contributed by atoms with van der Waals surface area (Å²) in [6.07, 6.45) is 1.97. The van der Waals surface area contributed by atoms with Gasteiger partial charge in [-0.15, -0.1) is 35.3 Å². The van der Waals surface area contributed by atoms with Crippen LogP contribution in [0.2, 0.25) is 0 Å². The van der Waals surface area contributed by atoms with E-state index < -0.39 is 0 Å². The highest BCUT2D eigenvalue weighted by Gasteiger charge is 2.17. The Morgan fingerprint density at radius 1 is 1.30 bits per heavy atom. The number of aliphatic imine (C=N–C) groups is 1. The highest BCUT2D eigenvalue weighted by molar-refractivity contribution is 14.0. The molecular formula is C19H38IN5OS. The van der Waals surface area contributed by atoms with Gasteiger partial charge in [0.25, 0.3) is 0 Å². The molecule has 0 radical (unpaired) electrons. The first kappa shape index (κ1) is 26.6. The summed E-state index contributed by atoms with van der Waals surface area (Å²) in [5.41, 5.74) is 1.29. The molecule has 1 aromatic heterocycles. The fourth-order valence-corrected chi connectivity index (χ4v) is 3.35. The van der Waals surface area contributed by atoms with E-state index in [1.807, 2.05) is 0 Å². The third kappa shape index (κ3) is 11.9. The predicted octanol–water partition coefficient (Wildman–Crippen LogP) is 3.12. The molecule has 6 nitrogen and oxygen atoms in total. The topological polar surface area (TPSA) is 61.8 Å². The smallest absolute Gasteiger partial charge is 0.191 e. The van der Waals surface area contributed by atoms with Crippen molar-refractivity contribution in [3.63, 3.8) is 0 Å². The van der Waals surface area contributed by atoms with E-state index in [-0.39, 0.29) is 29.4 Å². The maximum absolute atomic E-state index is 5.09. The van der Waals surface area contributed by atoms with Crippen LogP contribution in [0.4, 0.5) is 0 Å². The van der Waals surface area contributed by atoms with E-state index in [1.54, 1.807) is 18.4 Å². The monoisotopic (exact) mass is 511 g/mol. The number of ether oxygens (including phenoxy) is 1. The average Bonchev–Trinajstić information content (AvgIpc) is 3.04. The lowest BCUT2D eigenvalue weighted by atomic mass is 9.93. The predicted molar refractivity (Wildman–Crippen MR) is 128 cm³/mol. The lowest BCUT2D eigenvalue weighted by molar-refractivity contribution is 0.180. The Hall–Kier alpha value is -0.450. The molecule has 0 amide bonds. The average molecular weight is 512 g/mol. The number of guanidine groups is 1. The van der Waals surface area contributed by atoms with Gasteiger partial charge in [-0.1, -0.05) is 20.8 Å². The molecule has 0 unspecified atom stereocenters.